The zero-order valence-electron chi connectivity index (χ0n) is 13.2. The molecule has 1 nitrogen and oxygen atoms in total. The van der Waals surface area contributed by atoms with Crippen LogP contribution in [0.4, 0.5) is 0 Å². The van der Waals surface area contributed by atoms with Gasteiger partial charge in [-0.1, -0.05) is 55.4 Å². The molecule has 1 aliphatic carbocycles. The van der Waals surface area contributed by atoms with Gasteiger partial charge in [0.1, 0.15) is 0 Å². The van der Waals surface area contributed by atoms with Gasteiger partial charge < -0.3 is 5.32 Å². The molecule has 1 fully saturated rings. The van der Waals surface area contributed by atoms with Crippen LogP contribution in [0.25, 0.3) is 0 Å². The highest BCUT2D eigenvalue weighted by atomic mass is 15.1. The fourth-order valence-electron chi connectivity index (χ4n) is 3.22. The molecule has 0 amide bonds. The van der Waals surface area contributed by atoms with Gasteiger partial charge in [0.05, 0.1) is 0 Å². The van der Waals surface area contributed by atoms with E-state index in [0.717, 1.165) is 11.8 Å². The van der Waals surface area contributed by atoms with Gasteiger partial charge in [0.15, 0.2) is 0 Å². The van der Waals surface area contributed by atoms with Crippen LogP contribution in [0.1, 0.15) is 68.2 Å². The molecular formula is C16H33N. The van der Waals surface area contributed by atoms with Gasteiger partial charge in [-0.05, 0) is 35.5 Å². The molecule has 0 saturated heterocycles. The molecule has 0 heterocycles. The Balaban J connectivity index is 2.56. The lowest BCUT2D eigenvalue weighted by molar-refractivity contribution is 0.340. The van der Waals surface area contributed by atoms with Crippen LogP contribution in [-0.4, -0.2) is 12.1 Å². The molecule has 0 unspecified atom stereocenters. The van der Waals surface area contributed by atoms with E-state index in [4.69, 9.17) is 0 Å². The number of nitrogens with one attached hydrogen (secondary N) is 1. The lowest BCUT2D eigenvalue weighted by Crippen LogP contribution is -2.36. The monoisotopic (exact) mass is 239 g/mol. The van der Waals surface area contributed by atoms with Gasteiger partial charge in [-0.2, -0.15) is 0 Å². The largest absolute Gasteiger partial charge is 0.310 e. The molecule has 0 radical (unpaired) electrons. The lowest BCUT2D eigenvalue weighted by Gasteiger charge is -2.24. The first-order chi connectivity index (χ1) is 7.59. The van der Waals surface area contributed by atoms with Crippen LogP contribution in [0.3, 0.4) is 0 Å². The highest BCUT2D eigenvalue weighted by Gasteiger charge is 2.64. The maximum atomic E-state index is 3.93. The van der Waals surface area contributed by atoms with Crippen molar-refractivity contribution in [2.24, 2.45) is 22.7 Å². The van der Waals surface area contributed by atoms with Crippen molar-refractivity contribution in [3.8, 4) is 0 Å². The van der Waals surface area contributed by atoms with Crippen LogP contribution >= 0.6 is 0 Å². The second-order valence-electron chi connectivity index (χ2n) is 8.00. The molecule has 1 aliphatic rings. The Labute approximate surface area is 109 Å². The molecule has 0 aromatic rings. The van der Waals surface area contributed by atoms with Crippen molar-refractivity contribution in [2.45, 2.75) is 80.3 Å². The molecule has 0 atom stereocenters. The summed E-state index contributed by atoms with van der Waals surface area (Å²) in [7, 11) is 0. The Kier molecular flexibility index (Phi) is 4.34. The second-order valence-corrected chi connectivity index (χ2v) is 8.00. The lowest BCUT2D eigenvalue weighted by atomic mass is 9.95. The number of rotatable bonds is 6. The zero-order valence-corrected chi connectivity index (χ0v) is 13.2. The molecular weight excluding hydrogens is 206 g/mol. The maximum absolute atomic E-state index is 3.93. The van der Waals surface area contributed by atoms with Crippen molar-refractivity contribution in [2.75, 3.05) is 0 Å². The van der Waals surface area contributed by atoms with Crippen molar-refractivity contribution in [1.29, 1.82) is 0 Å². The summed E-state index contributed by atoms with van der Waals surface area (Å²) in [6.07, 6.45) is 2.61. The van der Waals surface area contributed by atoms with E-state index in [2.05, 4.69) is 60.7 Å². The van der Waals surface area contributed by atoms with E-state index in [1.807, 2.05) is 0 Å². The topological polar surface area (TPSA) is 12.0 Å². The molecule has 0 aliphatic heterocycles. The van der Waals surface area contributed by atoms with E-state index in [-0.39, 0.29) is 0 Å². The fourth-order valence-corrected chi connectivity index (χ4v) is 3.22. The summed E-state index contributed by atoms with van der Waals surface area (Å²) in [6.45, 7) is 18.9. The Morgan fingerprint density at radius 3 is 1.41 bits per heavy atom. The van der Waals surface area contributed by atoms with E-state index in [1.165, 1.54) is 12.8 Å². The van der Waals surface area contributed by atoms with E-state index in [1.54, 1.807) is 0 Å². The van der Waals surface area contributed by atoms with Crippen LogP contribution < -0.4 is 5.32 Å². The summed E-state index contributed by atoms with van der Waals surface area (Å²) < 4.78 is 0. The van der Waals surface area contributed by atoms with Gasteiger partial charge in [-0.25, -0.2) is 0 Å². The van der Waals surface area contributed by atoms with Crippen molar-refractivity contribution in [1.82, 2.24) is 5.32 Å². The van der Waals surface area contributed by atoms with Gasteiger partial charge in [0.25, 0.3) is 0 Å². The van der Waals surface area contributed by atoms with E-state index >= 15 is 0 Å². The summed E-state index contributed by atoms with van der Waals surface area (Å²) in [5, 5.41) is 3.93. The summed E-state index contributed by atoms with van der Waals surface area (Å²) in [6, 6.07) is 1.39. The first kappa shape index (κ1) is 15.0. The minimum atomic E-state index is 0.458. The van der Waals surface area contributed by atoms with Crippen LogP contribution in [0.2, 0.25) is 0 Å². The quantitative estimate of drug-likeness (QED) is 0.721. The maximum Gasteiger partial charge on any atom is 0.0183 e. The molecule has 1 rings (SSSR count). The fraction of sp³-hybridized carbons (Fsp3) is 1.00. The number of hydrogen-bond acceptors (Lipinski definition) is 1. The van der Waals surface area contributed by atoms with Crippen LogP contribution in [0, 0.1) is 22.7 Å². The van der Waals surface area contributed by atoms with Gasteiger partial charge in [0.2, 0.25) is 0 Å². The van der Waals surface area contributed by atoms with E-state index in [9.17, 15) is 0 Å². The normalized spacial score (nSPS) is 22.8. The van der Waals surface area contributed by atoms with Crippen molar-refractivity contribution < 1.29 is 0 Å². The minimum Gasteiger partial charge on any atom is -0.310 e. The van der Waals surface area contributed by atoms with Crippen LogP contribution in [0.5, 0.6) is 0 Å². The molecule has 1 N–H and O–H groups in total. The standard InChI is InChI=1S/C16H33N/c1-11(2)9-13(10-12(3)4)17-14-15(5,6)16(14,7)8/h11-14,17H,9-10H2,1-8H3. The Morgan fingerprint density at radius 1 is 0.824 bits per heavy atom. The van der Waals surface area contributed by atoms with Crippen molar-refractivity contribution in [3.63, 3.8) is 0 Å². The van der Waals surface area contributed by atoms with Crippen LogP contribution in [-0.2, 0) is 0 Å². The third-order valence-corrected chi connectivity index (χ3v) is 4.93. The smallest absolute Gasteiger partial charge is 0.0183 e. The third-order valence-electron chi connectivity index (χ3n) is 4.93. The van der Waals surface area contributed by atoms with E-state index in [0.29, 0.717) is 22.9 Å². The minimum absolute atomic E-state index is 0.458. The average Bonchev–Trinajstić information content (AvgIpc) is 2.45. The molecule has 17 heavy (non-hydrogen) atoms. The predicted molar refractivity (Wildman–Crippen MR) is 77.2 cm³/mol. The zero-order chi connectivity index (χ0) is 13.4. The SMILES string of the molecule is CC(C)CC(CC(C)C)NC1C(C)(C)C1(C)C. The predicted octanol–water partition coefficient (Wildman–Crippen LogP) is 4.47. The average molecular weight is 239 g/mol. The Hall–Kier alpha value is -0.0400. The van der Waals surface area contributed by atoms with Gasteiger partial charge in [0, 0.05) is 12.1 Å². The second kappa shape index (κ2) is 4.91. The summed E-state index contributed by atoms with van der Waals surface area (Å²) in [4.78, 5) is 0. The molecule has 1 saturated carbocycles. The summed E-state index contributed by atoms with van der Waals surface area (Å²) >= 11 is 0. The Morgan fingerprint density at radius 2 is 1.18 bits per heavy atom. The Bertz CT molecular complexity index is 226. The molecule has 0 aromatic carbocycles. The summed E-state index contributed by atoms with van der Waals surface area (Å²) in [5.41, 5.74) is 0.915. The highest BCUT2D eigenvalue weighted by Crippen LogP contribution is 2.62. The van der Waals surface area contributed by atoms with Gasteiger partial charge in [-0.3, -0.25) is 0 Å². The van der Waals surface area contributed by atoms with Gasteiger partial charge >= 0.3 is 0 Å². The molecule has 0 spiro atoms. The molecule has 0 aromatic heterocycles. The highest BCUT2D eigenvalue weighted by molar-refractivity contribution is 5.18. The summed E-state index contributed by atoms with van der Waals surface area (Å²) in [5.74, 6) is 1.58. The van der Waals surface area contributed by atoms with Crippen LogP contribution in [0.15, 0.2) is 0 Å². The van der Waals surface area contributed by atoms with Crippen molar-refractivity contribution in [3.05, 3.63) is 0 Å². The number of hydrogen-bond donors (Lipinski definition) is 1. The molecule has 0 bridgehead atoms. The van der Waals surface area contributed by atoms with Crippen molar-refractivity contribution >= 4 is 0 Å². The van der Waals surface area contributed by atoms with Gasteiger partial charge in [-0.15, -0.1) is 0 Å². The first-order valence-corrected chi connectivity index (χ1v) is 7.35. The molecule has 1 heteroatoms. The third kappa shape index (κ3) is 3.24. The van der Waals surface area contributed by atoms with E-state index < -0.39 is 0 Å². The molecule has 102 valence electrons. The first-order valence-electron chi connectivity index (χ1n) is 7.35.